The fraction of sp³-hybridized carbons (Fsp3) is 0.208. The van der Waals surface area contributed by atoms with Crippen LogP contribution >= 0.6 is 0 Å². The van der Waals surface area contributed by atoms with E-state index in [2.05, 4.69) is 40.2 Å². The summed E-state index contributed by atoms with van der Waals surface area (Å²) in [4.78, 5) is 15.0. The van der Waals surface area contributed by atoms with Gasteiger partial charge in [-0.2, -0.15) is 10.2 Å². The van der Waals surface area contributed by atoms with Crippen molar-refractivity contribution in [2.24, 2.45) is 0 Å². The lowest BCUT2D eigenvalue weighted by atomic mass is 10.1. The van der Waals surface area contributed by atoms with Crippen LogP contribution in [0.3, 0.4) is 0 Å². The first kappa shape index (κ1) is 19.3. The average molecular weight is 413 g/mol. The summed E-state index contributed by atoms with van der Waals surface area (Å²) >= 11 is 0. The van der Waals surface area contributed by atoms with Crippen molar-refractivity contribution in [3.63, 3.8) is 0 Å². The molecule has 31 heavy (non-hydrogen) atoms. The topological polar surface area (TPSA) is 65.2 Å². The first-order valence-electron chi connectivity index (χ1n) is 10.3. The van der Waals surface area contributed by atoms with Crippen LogP contribution in [0.15, 0.2) is 77.9 Å². The maximum Gasteiger partial charge on any atom is 0.209 e. The lowest BCUT2D eigenvalue weighted by Gasteiger charge is -2.29. The Morgan fingerprint density at radius 1 is 0.935 bits per heavy atom. The normalized spacial score (nSPS) is 14.0. The molecule has 0 N–H and O–H groups in total. The summed E-state index contributed by atoms with van der Waals surface area (Å²) < 4.78 is 8.95. The van der Waals surface area contributed by atoms with E-state index in [4.69, 9.17) is 4.74 Å². The SMILES string of the molecule is Cc1cc(N2CCOCC2)ccc1-n1ccc(=O)c(-c2ccnn2-c2ccccc2)n1. The molecule has 0 saturated carbocycles. The zero-order valence-electron chi connectivity index (χ0n) is 17.3. The van der Waals surface area contributed by atoms with Gasteiger partial charge in [-0.15, -0.1) is 0 Å². The Hall–Kier alpha value is -3.71. The quantitative estimate of drug-likeness (QED) is 0.514. The van der Waals surface area contributed by atoms with Crippen molar-refractivity contribution in [3.8, 4) is 22.8 Å². The third-order valence-corrected chi connectivity index (χ3v) is 5.50. The number of rotatable bonds is 4. The molecule has 1 fully saturated rings. The standard InChI is InChI=1S/C24H23N5O2/c1-18-17-20(27-13-15-31-16-14-27)7-8-21(18)28-12-10-23(30)24(26-28)22-9-11-25-29(22)19-5-3-2-4-6-19/h2-12,17H,13-16H2,1H3. The van der Waals surface area contributed by atoms with Gasteiger partial charge in [0, 0.05) is 31.0 Å². The molecule has 7 nitrogen and oxygen atoms in total. The molecule has 1 aliphatic rings. The second-order valence-electron chi connectivity index (χ2n) is 7.51. The molecule has 0 spiro atoms. The Morgan fingerprint density at radius 3 is 2.52 bits per heavy atom. The number of nitrogens with zero attached hydrogens (tertiary/aromatic N) is 5. The third-order valence-electron chi connectivity index (χ3n) is 5.50. The Labute approximate surface area is 180 Å². The maximum atomic E-state index is 12.7. The number of benzene rings is 2. The summed E-state index contributed by atoms with van der Waals surface area (Å²) in [5, 5.41) is 9.08. The summed E-state index contributed by atoms with van der Waals surface area (Å²) in [5.41, 5.74) is 4.95. The summed E-state index contributed by atoms with van der Waals surface area (Å²) in [5.74, 6) is 0. The van der Waals surface area contributed by atoms with Gasteiger partial charge in [-0.25, -0.2) is 9.36 Å². The lowest BCUT2D eigenvalue weighted by Crippen LogP contribution is -2.36. The highest BCUT2D eigenvalue weighted by molar-refractivity contribution is 5.59. The van der Waals surface area contributed by atoms with Crippen LogP contribution in [0.25, 0.3) is 22.8 Å². The van der Waals surface area contributed by atoms with Gasteiger partial charge in [-0.05, 0) is 48.9 Å². The number of anilines is 1. The minimum Gasteiger partial charge on any atom is -0.378 e. The Kier molecular flexibility index (Phi) is 5.09. The zero-order chi connectivity index (χ0) is 21.2. The summed E-state index contributed by atoms with van der Waals surface area (Å²) in [6.07, 6.45) is 3.40. The van der Waals surface area contributed by atoms with Crippen molar-refractivity contribution in [1.82, 2.24) is 19.6 Å². The van der Waals surface area contributed by atoms with E-state index in [0.29, 0.717) is 11.4 Å². The van der Waals surface area contributed by atoms with Crippen LogP contribution in [0.2, 0.25) is 0 Å². The predicted molar refractivity (Wildman–Crippen MR) is 120 cm³/mol. The fourth-order valence-electron chi connectivity index (χ4n) is 3.89. The van der Waals surface area contributed by atoms with Crippen LogP contribution in [0.1, 0.15) is 5.56 Å². The van der Waals surface area contributed by atoms with Crippen molar-refractivity contribution in [1.29, 1.82) is 0 Å². The molecule has 0 radical (unpaired) electrons. The summed E-state index contributed by atoms with van der Waals surface area (Å²) in [7, 11) is 0. The van der Waals surface area contributed by atoms with Crippen molar-refractivity contribution in [2.45, 2.75) is 6.92 Å². The van der Waals surface area contributed by atoms with E-state index in [1.165, 1.54) is 5.69 Å². The number of morpholine rings is 1. The molecule has 0 amide bonds. The molecule has 0 aliphatic carbocycles. The van der Waals surface area contributed by atoms with Gasteiger partial charge in [0.15, 0.2) is 5.69 Å². The highest BCUT2D eigenvalue weighted by Gasteiger charge is 2.15. The summed E-state index contributed by atoms with van der Waals surface area (Å²) in [6, 6.07) is 19.4. The molecule has 7 heteroatoms. The van der Waals surface area contributed by atoms with Crippen LogP contribution in [0.5, 0.6) is 0 Å². The molecular weight excluding hydrogens is 390 g/mol. The molecule has 0 bridgehead atoms. The average Bonchev–Trinajstić information content (AvgIpc) is 3.30. The van der Waals surface area contributed by atoms with Gasteiger partial charge in [0.2, 0.25) is 5.43 Å². The van der Waals surface area contributed by atoms with Gasteiger partial charge in [-0.3, -0.25) is 4.79 Å². The largest absolute Gasteiger partial charge is 0.378 e. The van der Waals surface area contributed by atoms with Gasteiger partial charge >= 0.3 is 0 Å². The number of hydrogen-bond donors (Lipinski definition) is 0. The number of aryl methyl sites for hydroxylation is 1. The first-order chi connectivity index (χ1) is 15.2. The van der Waals surface area contributed by atoms with Gasteiger partial charge < -0.3 is 9.64 Å². The van der Waals surface area contributed by atoms with Crippen molar-refractivity contribution >= 4 is 5.69 Å². The Bertz CT molecular complexity index is 1260. The molecule has 2 aromatic heterocycles. The number of ether oxygens (including phenoxy) is 1. The third kappa shape index (κ3) is 3.75. The van der Waals surface area contributed by atoms with Gasteiger partial charge in [0.1, 0.15) is 0 Å². The van der Waals surface area contributed by atoms with Crippen LogP contribution in [-0.4, -0.2) is 45.9 Å². The molecule has 3 heterocycles. The van der Waals surface area contributed by atoms with Gasteiger partial charge in [0.25, 0.3) is 0 Å². The minimum absolute atomic E-state index is 0.142. The molecule has 0 unspecified atom stereocenters. The number of aromatic nitrogens is 4. The molecule has 2 aromatic carbocycles. The van der Waals surface area contributed by atoms with Crippen LogP contribution in [0.4, 0.5) is 5.69 Å². The molecule has 4 aromatic rings. The van der Waals surface area contributed by atoms with E-state index in [-0.39, 0.29) is 5.43 Å². The van der Waals surface area contributed by atoms with E-state index in [0.717, 1.165) is 43.2 Å². The Balaban J connectivity index is 1.53. The molecule has 0 atom stereocenters. The molecule has 5 rings (SSSR count). The number of hydrogen-bond acceptors (Lipinski definition) is 5. The van der Waals surface area contributed by atoms with E-state index in [1.54, 1.807) is 27.8 Å². The van der Waals surface area contributed by atoms with E-state index >= 15 is 0 Å². The fourth-order valence-corrected chi connectivity index (χ4v) is 3.89. The van der Waals surface area contributed by atoms with E-state index in [1.807, 2.05) is 36.4 Å². The zero-order valence-corrected chi connectivity index (χ0v) is 17.3. The van der Waals surface area contributed by atoms with Gasteiger partial charge in [-0.1, -0.05) is 18.2 Å². The first-order valence-corrected chi connectivity index (χ1v) is 10.3. The van der Waals surface area contributed by atoms with E-state index in [9.17, 15) is 4.79 Å². The van der Waals surface area contributed by atoms with Crippen LogP contribution < -0.4 is 10.3 Å². The Morgan fingerprint density at radius 2 is 1.74 bits per heavy atom. The lowest BCUT2D eigenvalue weighted by molar-refractivity contribution is 0.122. The number of para-hydroxylation sites is 1. The predicted octanol–water partition coefficient (Wildman–Crippen LogP) is 3.23. The highest BCUT2D eigenvalue weighted by atomic mass is 16.5. The molecule has 1 saturated heterocycles. The smallest absolute Gasteiger partial charge is 0.209 e. The molecule has 156 valence electrons. The second kappa shape index (κ2) is 8.20. The van der Waals surface area contributed by atoms with Crippen molar-refractivity contribution < 1.29 is 4.74 Å². The van der Waals surface area contributed by atoms with E-state index < -0.39 is 0 Å². The second-order valence-corrected chi connectivity index (χ2v) is 7.51. The summed E-state index contributed by atoms with van der Waals surface area (Å²) in [6.45, 7) is 5.35. The van der Waals surface area contributed by atoms with Crippen molar-refractivity contribution in [3.05, 3.63) is 88.8 Å². The molecular formula is C24H23N5O2. The monoisotopic (exact) mass is 413 g/mol. The minimum atomic E-state index is -0.142. The van der Waals surface area contributed by atoms with Crippen LogP contribution in [0, 0.1) is 6.92 Å². The highest BCUT2D eigenvalue weighted by Crippen LogP contribution is 2.23. The van der Waals surface area contributed by atoms with Gasteiger partial charge in [0.05, 0.1) is 36.5 Å². The molecule has 1 aliphatic heterocycles. The maximum absolute atomic E-state index is 12.7. The van der Waals surface area contributed by atoms with Crippen LogP contribution in [-0.2, 0) is 4.74 Å². The van der Waals surface area contributed by atoms with Crippen molar-refractivity contribution in [2.75, 3.05) is 31.2 Å².